The van der Waals surface area contributed by atoms with Crippen LogP contribution in [0.15, 0.2) is 11.1 Å². The van der Waals surface area contributed by atoms with E-state index < -0.39 is 5.97 Å². The molecule has 2 rings (SSSR count). The monoisotopic (exact) mass is 236 g/mol. The molecule has 92 valence electrons. The number of hydrogen-bond acceptors (Lipinski definition) is 3. The van der Waals surface area contributed by atoms with Crippen LogP contribution in [0.2, 0.25) is 0 Å². The SMILES string of the molecule is O=C(O)Cc1c(C2CCCCC2)nc[nH]c1=O. The predicted octanol–water partition coefficient (Wildman–Crippen LogP) is 1.44. The van der Waals surface area contributed by atoms with Gasteiger partial charge in [0.05, 0.1) is 24.0 Å². The molecule has 17 heavy (non-hydrogen) atoms. The van der Waals surface area contributed by atoms with Gasteiger partial charge in [-0.2, -0.15) is 0 Å². The van der Waals surface area contributed by atoms with Gasteiger partial charge in [-0.25, -0.2) is 4.98 Å². The number of rotatable bonds is 3. The number of aromatic nitrogens is 2. The molecule has 0 atom stereocenters. The zero-order valence-corrected chi connectivity index (χ0v) is 9.61. The van der Waals surface area contributed by atoms with Crippen molar-refractivity contribution >= 4 is 5.97 Å². The largest absolute Gasteiger partial charge is 0.481 e. The zero-order chi connectivity index (χ0) is 12.3. The average Bonchev–Trinajstić information content (AvgIpc) is 2.32. The number of carboxylic acids is 1. The first-order valence-electron chi connectivity index (χ1n) is 5.96. The van der Waals surface area contributed by atoms with Crippen LogP contribution in [0, 0.1) is 0 Å². The normalized spacial score (nSPS) is 16.9. The maximum absolute atomic E-state index is 11.7. The molecule has 1 aliphatic carbocycles. The summed E-state index contributed by atoms with van der Waals surface area (Å²) in [4.78, 5) is 29.1. The van der Waals surface area contributed by atoms with Crippen LogP contribution in [0.5, 0.6) is 0 Å². The highest BCUT2D eigenvalue weighted by atomic mass is 16.4. The van der Waals surface area contributed by atoms with Gasteiger partial charge in [-0.3, -0.25) is 9.59 Å². The lowest BCUT2D eigenvalue weighted by atomic mass is 9.85. The fraction of sp³-hybridized carbons (Fsp3) is 0.583. The van der Waals surface area contributed by atoms with Gasteiger partial charge in [0.15, 0.2) is 0 Å². The van der Waals surface area contributed by atoms with Crippen molar-refractivity contribution in [2.24, 2.45) is 0 Å². The summed E-state index contributed by atoms with van der Waals surface area (Å²) in [6.45, 7) is 0. The lowest BCUT2D eigenvalue weighted by Gasteiger charge is -2.22. The number of nitrogens with zero attached hydrogens (tertiary/aromatic N) is 1. The van der Waals surface area contributed by atoms with Gasteiger partial charge < -0.3 is 10.1 Å². The summed E-state index contributed by atoms with van der Waals surface area (Å²) >= 11 is 0. The van der Waals surface area contributed by atoms with Crippen molar-refractivity contribution < 1.29 is 9.90 Å². The summed E-state index contributed by atoms with van der Waals surface area (Å²) in [5, 5.41) is 8.83. The van der Waals surface area contributed by atoms with Gasteiger partial charge in [-0.1, -0.05) is 19.3 Å². The summed E-state index contributed by atoms with van der Waals surface area (Å²) in [6, 6.07) is 0. The van der Waals surface area contributed by atoms with Crippen LogP contribution in [0.4, 0.5) is 0 Å². The van der Waals surface area contributed by atoms with E-state index in [4.69, 9.17) is 5.11 Å². The quantitative estimate of drug-likeness (QED) is 0.831. The molecule has 1 fully saturated rings. The fourth-order valence-corrected chi connectivity index (χ4v) is 2.49. The number of aromatic amines is 1. The Kier molecular flexibility index (Phi) is 3.56. The predicted molar refractivity (Wildman–Crippen MR) is 62.0 cm³/mol. The lowest BCUT2D eigenvalue weighted by molar-refractivity contribution is -0.136. The minimum atomic E-state index is -0.986. The molecule has 0 amide bonds. The molecule has 1 aliphatic rings. The third kappa shape index (κ3) is 2.72. The molecule has 0 saturated heterocycles. The first-order chi connectivity index (χ1) is 8.18. The first-order valence-corrected chi connectivity index (χ1v) is 5.96. The highest BCUT2D eigenvalue weighted by Crippen LogP contribution is 2.32. The second-order valence-corrected chi connectivity index (χ2v) is 4.50. The molecule has 0 unspecified atom stereocenters. The highest BCUT2D eigenvalue weighted by molar-refractivity contribution is 5.70. The van der Waals surface area contributed by atoms with Crippen molar-refractivity contribution in [2.75, 3.05) is 0 Å². The van der Waals surface area contributed by atoms with E-state index in [-0.39, 0.29) is 17.9 Å². The minimum absolute atomic E-state index is 0.241. The molecule has 0 spiro atoms. The van der Waals surface area contributed by atoms with Crippen LogP contribution in [0.1, 0.15) is 49.3 Å². The van der Waals surface area contributed by atoms with Gasteiger partial charge >= 0.3 is 5.97 Å². The van der Waals surface area contributed by atoms with Gasteiger partial charge in [0.1, 0.15) is 0 Å². The summed E-state index contributed by atoms with van der Waals surface area (Å²) in [6.07, 6.45) is 6.62. The highest BCUT2D eigenvalue weighted by Gasteiger charge is 2.22. The molecule has 1 saturated carbocycles. The molecule has 1 heterocycles. The van der Waals surface area contributed by atoms with Gasteiger partial charge in [0.25, 0.3) is 5.56 Å². The molecule has 1 aromatic rings. The van der Waals surface area contributed by atoms with Gasteiger partial charge in [-0.05, 0) is 12.8 Å². The van der Waals surface area contributed by atoms with Crippen LogP contribution < -0.4 is 5.56 Å². The average molecular weight is 236 g/mol. The minimum Gasteiger partial charge on any atom is -0.481 e. The van der Waals surface area contributed by atoms with Crippen molar-refractivity contribution in [3.63, 3.8) is 0 Å². The smallest absolute Gasteiger partial charge is 0.308 e. The summed E-state index contributed by atoms with van der Waals surface area (Å²) < 4.78 is 0. The number of hydrogen-bond donors (Lipinski definition) is 2. The molecule has 5 nitrogen and oxygen atoms in total. The Morgan fingerprint density at radius 1 is 1.41 bits per heavy atom. The molecule has 0 radical (unpaired) electrons. The van der Waals surface area contributed by atoms with Crippen LogP contribution in [0.25, 0.3) is 0 Å². The maximum atomic E-state index is 11.7. The Morgan fingerprint density at radius 3 is 2.76 bits per heavy atom. The first kappa shape index (κ1) is 11.8. The molecule has 2 N–H and O–H groups in total. The van der Waals surface area contributed by atoms with Crippen molar-refractivity contribution in [3.05, 3.63) is 27.9 Å². The molecule has 0 aromatic carbocycles. The second-order valence-electron chi connectivity index (χ2n) is 4.50. The van der Waals surface area contributed by atoms with Gasteiger partial charge in [0.2, 0.25) is 0 Å². The molecule has 1 aromatic heterocycles. The molecular weight excluding hydrogens is 220 g/mol. The number of aliphatic carboxylic acids is 1. The van der Waals surface area contributed by atoms with Crippen molar-refractivity contribution in [3.8, 4) is 0 Å². The van der Waals surface area contributed by atoms with E-state index in [1.54, 1.807) is 0 Å². The molecular formula is C12H16N2O3. The number of carboxylic acid groups (broad SMARTS) is 1. The van der Waals surface area contributed by atoms with Crippen molar-refractivity contribution in [1.82, 2.24) is 9.97 Å². The third-order valence-electron chi connectivity index (χ3n) is 3.30. The van der Waals surface area contributed by atoms with Gasteiger partial charge in [0, 0.05) is 5.92 Å². The van der Waals surface area contributed by atoms with E-state index in [0.29, 0.717) is 11.3 Å². The Labute approximate surface area is 98.9 Å². The van der Waals surface area contributed by atoms with E-state index in [0.717, 1.165) is 25.7 Å². The van der Waals surface area contributed by atoms with Crippen LogP contribution in [-0.2, 0) is 11.2 Å². The topological polar surface area (TPSA) is 83.0 Å². The van der Waals surface area contributed by atoms with E-state index in [9.17, 15) is 9.59 Å². The number of nitrogens with one attached hydrogen (secondary N) is 1. The Balaban J connectivity index is 2.34. The molecule has 5 heteroatoms. The fourth-order valence-electron chi connectivity index (χ4n) is 2.49. The summed E-state index contributed by atoms with van der Waals surface area (Å²) in [7, 11) is 0. The lowest BCUT2D eigenvalue weighted by Crippen LogP contribution is -2.22. The zero-order valence-electron chi connectivity index (χ0n) is 9.61. The van der Waals surface area contributed by atoms with E-state index in [2.05, 4.69) is 9.97 Å². The van der Waals surface area contributed by atoms with E-state index >= 15 is 0 Å². The van der Waals surface area contributed by atoms with Crippen LogP contribution in [0.3, 0.4) is 0 Å². The van der Waals surface area contributed by atoms with E-state index in [1.807, 2.05) is 0 Å². The Bertz CT molecular complexity index is 461. The third-order valence-corrected chi connectivity index (χ3v) is 3.30. The Hall–Kier alpha value is -1.65. The van der Waals surface area contributed by atoms with Crippen LogP contribution in [-0.4, -0.2) is 21.0 Å². The standard InChI is InChI=1S/C12H16N2O3/c15-10(16)6-9-11(13-7-14-12(9)17)8-4-2-1-3-5-8/h7-8H,1-6H2,(H,15,16)(H,13,14,17). The number of H-pyrrole nitrogens is 1. The van der Waals surface area contributed by atoms with Crippen LogP contribution >= 0.6 is 0 Å². The number of carbonyl (C=O) groups is 1. The summed E-state index contributed by atoms with van der Waals surface area (Å²) in [5.74, 6) is -0.735. The Morgan fingerprint density at radius 2 is 2.12 bits per heavy atom. The van der Waals surface area contributed by atoms with E-state index in [1.165, 1.54) is 12.7 Å². The summed E-state index contributed by atoms with van der Waals surface area (Å²) in [5.41, 5.74) is 0.700. The van der Waals surface area contributed by atoms with Crippen molar-refractivity contribution in [1.29, 1.82) is 0 Å². The second kappa shape index (κ2) is 5.12. The van der Waals surface area contributed by atoms with Crippen molar-refractivity contribution in [2.45, 2.75) is 44.4 Å². The maximum Gasteiger partial charge on any atom is 0.308 e. The molecule has 0 aliphatic heterocycles. The van der Waals surface area contributed by atoms with Gasteiger partial charge in [-0.15, -0.1) is 0 Å². The molecule has 0 bridgehead atoms.